The highest BCUT2D eigenvalue weighted by Crippen LogP contribution is 2.28. The number of carbonyl (C=O) groups is 1. The molecule has 0 unspecified atom stereocenters. The number of methoxy groups -OCH3 is 1. The molecule has 0 atom stereocenters. The molecule has 0 saturated carbocycles. The molecule has 1 aliphatic rings. The molecule has 0 aliphatic carbocycles. The predicted octanol–water partition coefficient (Wildman–Crippen LogP) is 3.87. The van der Waals surface area contributed by atoms with Crippen molar-refractivity contribution in [2.45, 2.75) is 52.4 Å². The lowest BCUT2D eigenvalue weighted by Crippen LogP contribution is -2.32. The van der Waals surface area contributed by atoms with Crippen LogP contribution in [0.15, 0.2) is 30.3 Å². The lowest BCUT2D eigenvalue weighted by atomic mass is 10.0. The molecule has 1 aromatic heterocycles. The number of hydrogen-bond donors (Lipinski definition) is 0. The van der Waals surface area contributed by atoms with Crippen molar-refractivity contribution in [2.24, 2.45) is 5.92 Å². The SMILES string of the molecule is COc1cccc(-c2cc(COC(C)(C)C(C)=O)nn2CC2CCOCC2)c1. The van der Waals surface area contributed by atoms with E-state index in [1.54, 1.807) is 27.9 Å². The topological polar surface area (TPSA) is 62.6 Å². The standard InChI is InChI=1S/C22H30N2O4/c1-16(25)22(2,3)28-15-19-13-21(18-6-5-7-20(12-18)26-4)24(23-19)14-17-8-10-27-11-9-17/h5-7,12-13,17H,8-11,14-15H2,1-4H3. The molecule has 1 saturated heterocycles. The number of hydrogen-bond acceptors (Lipinski definition) is 5. The molecule has 1 fully saturated rings. The van der Waals surface area contributed by atoms with E-state index in [0.717, 1.165) is 55.3 Å². The Morgan fingerprint density at radius 1 is 1.29 bits per heavy atom. The average molecular weight is 386 g/mol. The van der Waals surface area contributed by atoms with E-state index < -0.39 is 5.60 Å². The molecule has 0 spiro atoms. The van der Waals surface area contributed by atoms with Gasteiger partial charge in [-0.2, -0.15) is 5.10 Å². The van der Waals surface area contributed by atoms with Crippen molar-refractivity contribution in [2.75, 3.05) is 20.3 Å². The normalized spacial score (nSPS) is 15.6. The first-order valence-corrected chi connectivity index (χ1v) is 9.83. The van der Waals surface area contributed by atoms with Gasteiger partial charge in [-0.15, -0.1) is 0 Å². The van der Waals surface area contributed by atoms with Gasteiger partial charge in [-0.05, 0) is 57.7 Å². The molecule has 6 heteroatoms. The Balaban J connectivity index is 1.86. The summed E-state index contributed by atoms with van der Waals surface area (Å²) in [7, 11) is 1.67. The summed E-state index contributed by atoms with van der Waals surface area (Å²) in [4.78, 5) is 11.7. The fourth-order valence-corrected chi connectivity index (χ4v) is 3.22. The van der Waals surface area contributed by atoms with Crippen molar-refractivity contribution in [1.29, 1.82) is 0 Å². The quantitative estimate of drug-likeness (QED) is 0.689. The van der Waals surface area contributed by atoms with E-state index >= 15 is 0 Å². The molecule has 1 aromatic carbocycles. The maximum Gasteiger partial charge on any atom is 0.161 e. The Morgan fingerprint density at radius 3 is 2.71 bits per heavy atom. The number of benzene rings is 1. The van der Waals surface area contributed by atoms with Crippen LogP contribution in [-0.2, 0) is 27.4 Å². The first kappa shape index (κ1) is 20.6. The smallest absolute Gasteiger partial charge is 0.161 e. The van der Waals surface area contributed by atoms with Crippen LogP contribution in [0.25, 0.3) is 11.3 Å². The van der Waals surface area contributed by atoms with Gasteiger partial charge >= 0.3 is 0 Å². The summed E-state index contributed by atoms with van der Waals surface area (Å²) in [5.74, 6) is 1.36. The van der Waals surface area contributed by atoms with Crippen molar-refractivity contribution >= 4 is 5.78 Å². The number of rotatable bonds is 8. The Morgan fingerprint density at radius 2 is 2.04 bits per heavy atom. The number of ether oxygens (including phenoxy) is 3. The Bertz CT molecular complexity index is 807. The highest BCUT2D eigenvalue weighted by Gasteiger charge is 2.25. The first-order chi connectivity index (χ1) is 13.4. The van der Waals surface area contributed by atoms with Crippen molar-refractivity contribution < 1.29 is 19.0 Å². The number of nitrogens with zero attached hydrogens (tertiary/aromatic N) is 2. The summed E-state index contributed by atoms with van der Waals surface area (Å²) in [5.41, 5.74) is 2.08. The van der Waals surface area contributed by atoms with E-state index in [9.17, 15) is 4.79 Å². The zero-order chi connectivity index (χ0) is 20.1. The molecule has 3 rings (SSSR count). The molecule has 28 heavy (non-hydrogen) atoms. The molecule has 0 bridgehead atoms. The number of ketones is 1. The zero-order valence-corrected chi connectivity index (χ0v) is 17.2. The van der Waals surface area contributed by atoms with E-state index in [-0.39, 0.29) is 5.78 Å². The lowest BCUT2D eigenvalue weighted by molar-refractivity contribution is -0.139. The molecular formula is C22H30N2O4. The van der Waals surface area contributed by atoms with Crippen molar-refractivity contribution in [3.8, 4) is 17.0 Å². The van der Waals surface area contributed by atoms with Gasteiger partial charge in [0, 0.05) is 25.3 Å². The van der Waals surface area contributed by atoms with Crippen molar-refractivity contribution in [3.63, 3.8) is 0 Å². The molecule has 0 radical (unpaired) electrons. The Labute approximate surface area is 166 Å². The highest BCUT2D eigenvalue weighted by atomic mass is 16.5. The van der Waals surface area contributed by atoms with E-state index in [1.807, 2.05) is 24.3 Å². The van der Waals surface area contributed by atoms with Crippen molar-refractivity contribution in [3.05, 3.63) is 36.0 Å². The molecule has 0 N–H and O–H groups in total. The highest BCUT2D eigenvalue weighted by molar-refractivity contribution is 5.83. The number of carbonyl (C=O) groups excluding carboxylic acids is 1. The fourth-order valence-electron chi connectivity index (χ4n) is 3.22. The lowest BCUT2D eigenvalue weighted by Gasteiger charge is -2.23. The maximum atomic E-state index is 11.7. The Kier molecular flexibility index (Phi) is 6.52. The van der Waals surface area contributed by atoms with Gasteiger partial charge in [0.2, 0.25) is 0 Å². The summed E-state index contributed by atoms with van der Waals surface area (Å²) in [6, 6.07) is 10.0. The van der Waals surface area contributed by atoms with Gasteiger partial charge in [0.15, 0.2) is 5.78 Å². The second-order valence-corrected chi connectivity index (χ2v) is 7.85. The molecule has 152 valence electrons. The van der Waals surface area contributed by atoms with Crippen LogP contribution in [0.1, 0.15) is 39.3 Å². The second-order valence-electron chi connectivity index (χ2n) is 7.85. The van der Waals surface area contributed by atoms with E-state index in [2.05, 4.69) is 10.7 Å². The van der Waals surface area contributed by atoms with E-state index in [1.165, 1.54) is 0 Å². The molecule has 2 heterocycles. The predicted molar refractivity (Wildman–Crippen MR) is 107 cm³/mol. The van der Waals surface area contributed by atoms with Crippen LogP contribution >= 0.6 is 0 Å². The molecule has 1 aliphatic heterocycles. The van der Waals surface area contributed by atoms with Crippen LogP contribution in [0.4, 0.5) is 0 Å². The number of Topliss-reactive ketones (excluding diaryl/α,β-unsaturated/α-hetero) is 1. The van der Waals surface area contributed by atoms with Gasteiger partial charge in [-0.25, -0.2) is 0 Å². The van der Waals surface area contributed by atoms with Crippen LogP contribution in [0.2, 0.25) is 0 Å². The summed E-state index contributed by atoms with van der Waals surface area (Å²) in [5, 5.41) is 4.80. The van der Waals surface area contributed by atoms with E-state index in [0.29, 0.717) is 12.5 Å². The largest absolute Gasteiger partial charge is 0.497 e. The summed E-state index contributed by atoms with van der Waals surface area (Å²) >= 11 is 0. The second kappa shape index (κ2) is 8.88. The molecule has 2 aromatic rings. The monoisotopic (exact) mass is 386 g/mol. The van der Waals surface area contributed by atoms with Gasteiger partial charge in [-0.1, -0.05) is 12.1 Å². The summed E-state index contributed by atoms with van der Waals surface area (Å²) in [6.07, 6.45) is 2.08. The Hall–Kier alpha value is -2.18. The number of aromatic nitrogens is 2. The van der Waals surface area contributed by atoms with Crippen LogP contribution in [0.5, 0.6) is 5.75 Å². The van der Waals surface area contributed by atoms with Crippen LogP contribution in [0, 0.1) is 5.92 Å². The third-order valence-electron chi connectivity index (χ3n) is 5.40. The van der Waals surface area contributed by atoms with Crippen LogP contribution in [0.3, 0.4) is 0 Å². The minimum absolute atomic E-state index is 0.00200. The minimum Gasteiger partial charge on any atom is -0.497 e. The third kappa shape index (κ3) is 5.00. The van der Waals surface area contributed by atoms with Crippen molar-refractivity contribution in [1.82, 2.24) is 9.78 Å². The van der Waals surface area contributed by atoms with Gasteiger partial charge in [0.1, 0.15) is 11.4 Å². The maximum absolute atomic E-state index is 11.7. The first-order valence-electron chi connectivity index (χ1n) is 9.83. The zero-order valence-electron chi connectivity index (χ0n) is 17.2. The third-order valence-corrected chi connectivity index (χ3v) is 5.40. The van der Waals surface area contributed by atoms with Crippen LogP contribution in [-0.4, -0.2) is 41.5 Å². The minimum atomic E-state index is -0.819. The van der Waals surface area contributed by atoms with E-state index in [4.69, 9.17) is 19.3 Å². The molecule has 6 nitrogen and oxygen atoms in total. The van der Waals surface area contributed by atoms with Gasteiger partial charge < -0.3 is 14.2 Å². The van der Waals surface area contributed by atoms with Crippen LogP contribution < -0.4 is 4.74 Å². The average Bonchev–Trinajstić information content (AvgIpc) is 3.10. The van der Waals surface area contributed by atoms with Gasteiger partial charge in [-0.3, -0.25) is 9.48 Å². The van der Waals surface area contributed by atoms with Gasteiger partial charge in [0.05, 0.1) is 25.1 Å². The van der Waals surface area contributed by atoms with Gasteiger partial charge in [0.25, 0.3) is 0 Å². The molecule has 0 amide bonds. The fraction of sp³-hybridized carbons (Fsp3) is 0.545. The molecular weight excluding hydrogens is 356 g/mol. The summed E-state index contributed by atoms with van der Waals surface area (Å²) < 4.78 is 18.8. The summed E-state index contributed by atoms with van der Waals surface area (Å²) in [6.45, 7) is 7.88.